The molecule has 40 heavy (non-hydrogen) atoms. The van der Waals surface area contributed by atoms with Crippen LogP contribution in [0.1, 0.15) is 72.4 Å². The Morgan fingerprint density at radius 3 is 2.17 bits per heavy atom. The van der Waals surface area contributed by atoms with Crippen LogP contribution in [0.4, 0.5) is 10.5 Å². The van der Waals surface area contributed by atoms with Crippen LogP contribution in [0, 0.1) is 5.92 Å². The summed E-state index contributed by atoms with van der Waals surface area (Å²) in [6, 6.07) is 21.3. The molecule has 0 aliphatic carbocycles. The third kappa shape index (κ3) is 8.31. The van der Waals surface area contributed by atoms with Crippen LogP contribution in [-0.4, -0.2) is 41.0 Å². The first-order valence-corrected chi connectivity index (χ1v) is 14.2. The number of amides is 3. The molecule has 0 saturated heterocycles. The zero-order valence-corrected chi connectivity index (χ0v) is 24.6. The molecule has 0 spiro atoms. The van der Waals surface area contributed by atoms with Crippen LogP contribution in [0.3, 0.4) is 0 Å². The second-order valence-corrected chi connectivity index (χ2v) is 11.3. The van der Waals surface area contributed by atoms with Crippen molar-refractivity contribution in [2.45, 2.75) is 78.5 Å². The second-order valence-electron chi connectivity index (χ2n) is 11.3. The molecule has 0 heterocycles. The highest BCUT2D eigenvalue weighted by Crippen LogP contribution is 2.27. The lowest BCUT2D eigenvalue weighted by atomic mass is 9.95. The number of unbranched alkanes of at least 4 members (excludes halogenated alkanes) is 1. The number of alkyl carbamates (subject to hydrolysis) is 1. The number of nitrogens with zero attached hydrogens (tertiary/aromatic N) is 1. The van der Waals surface area contributed by atoms with Crippen molar-refractivity contribution in [3.63, 3.8) is 0 Å². The molecule has 0 aliphatic heterocycles. The summed E-state index contributed by atoms with van der Waals surface area (Å²) in [7, 11) is 0. The highest BCUT2D eigenvalue weighted by atomic mass is 16.6. The topological polar surface area (TPSA) is 87.7 Å². The number of benzene rings is 3. The average molecular weight is 546 g/mol. The minimum atomic E-state index is -0.890. The second kappa shape index (κ2) is 14.0. The number of hydrogen-bond acceptors (Lipinski definition) is 4. The zero-order chi connectivity index (χ0) is 29.3. The standard InChI is InChI=1S/C33H43N3O4/c1-7-9-21-36(31(38)28(23(3)8-2)35-32(39)40-33(4,5)6)29(25-16-11-10-12-17-25)30(37)34-27-20-19-24-15-13-14-18-26(24)22-27/h10-20,22-23,28-29H,7-9,21H2,1-6H3,(H,34,37)(H,35,39). The number of anilines is 1. The number of carbonyl (C=O) groups is 3. The lowest BCUT2D eigenvalue weighted by Gasteiger charge is -2.36. The summed E-state index contributed by atoms with van der Waals surface area (Å²) in [5, 5.41) is 7.95. The minimum absolute atomic E-state index is 0.177. The summed E-state index contributed by atoms with van der Waals surface area (Å²) in [6.45, 7) is 11.6. The van der Waals surface area contributed by atoms with Gasteiger partial charge in [0.2, 0.25) is 5.91 Å². The predicted molar refractivity (Wildman–Crippen MR) is 161 cm³/mol. The van der Waals surface area contributed by atoms with Gasteiger partial charge >= 0.3 is 6.09 Å². The SMILES string of the molecule is CCCCN(C(=O)C(NC(=O)OC(C)(C)C)C(C)CC)C(C(=O)Nc1ccc2ccccc2c1)c1ccccc1. The molecule has 2 N–H and O–H groups in total. The molecule has 0 fully saturated rings. The summed E-state index contributed by atoms with van der Waals surface area (Å²) < 4.78 is 5.48. The fourth-order valence-electron chi connectivity index (χ4n) is 4.58. The van der Waals surface area contributed by atoms with Gasteiger partial charge in [-0.2, -0.15) is 0 Å². The quantitative estimate of drug-likeness (QED) is 0.269. The van der Waals surface area contributed by atoms with E-state index in [-0.39, 0.29) is 17.7 Å². The fourth-order valence-corrected chi connectivity index (χ4v) is 4.58. The smallest absolute Gasteiger partial charge is 0.408 e. The molecule has 214 valence electrons. The first kappa shape index (κ1) is 30.7. The first-order valence-electron chi connectivity index (χ1n) is 14.2. The van der Waals surface area contributed by atoms with E-state index in [1.807, 2.05) is 93.6 Å². The van der Waals surface area contributed by atoms with Gasteiger partial charge in [0.05, 0.1) is 0 Å². The van der Waals surface area contributed by atoms with Crippen LogP contribution in [0.25, 0.3) is 10.8 Å². The van der Waals surface area contributed by atoms with Crippen molar-refractivity contribution in [1.29, 1.82) is 0 Å². The maximum atomic E-state index is 14.3. The Hall–Kier alpha value is -3.87. The van der Waals surface area contributed by atoms with Crippen LogP contribution in [-0.2, 0) is 14.3 Å². The highest BCUT2D eigenvalue weighted by molar-refractivity contribution is 6.00. The zero-order valence-electron chi connectivity index (χ0n) is 24.6. The van der Waals surface area contributed by atoms with Gasteiger partial charge in [0.25, 0.3) is 5.91 Å². The minimum Gasteiger partial charge on any atom is -0.444 e. The Morgan fingerprint density at radius 1 is 0.900 bits per heavy atom. The van der Waals surface area contributed by atoms with Crippen molar-refractivity contribution in [3.05, 3.63) is 78.4 Å². The van der Waals surface area contributed by atoms with Crippen LogP contribution < -0.4 is 10.6 Å². The van der Waals surface area contributed by atoms with Crippen LogP contribution in [0.2, 0.25) is 0 Å². The fraction of sp³-hybridized carbons (Fsp3) is 0.424. The van der Waals surface area contributed by atoms with Crippen LogP contribution in [0.15, 0.2) is 72.8 Å². The van der Waals surface area contributed by atoms with Gasteiger partial charge in [-0.3, -0.25) is 9.59 Å². The molecule has 0 aliphatic rings. The average Bonchev–Trinajstić information content (AvgIpc) is 2.92. The van der Waals surface area contributed by atoms with Gasteiger partial charge < -0.3 is 20.3 Å². The molecule has 0 saturated carbocycles. The maximum Gasteiger partial charge on any atom is 0.408 e. The molecule has 0 aromatic heterocycles. The summed E-state index contributed by atoms with van der Waals surface area (Å²) in [4.78, 5) is 42.7. The third-order valence-electron chi connectivity index (χ3n) is 6.88. The van der Waals surface area contributed by atoms with Crippen LogP contribution in [0.5, 0.6) is 0 Å². The van der Waals surface area contributed by atoms with Gasteiger partial charge in [0.1, 0.15) is 17.7 Å². The van der Waals surface area contributed by atoms with E-state index in [1.165, 1.54) is 0 Å². The van der Waals surface area contributed by atoms with Gasteiger partial charge in [-0.15, -0.1) is 0 Å². The van der Waals surface area contributed by atoms with Gasteiger partial charge in [-0.25, -0.2) is 4.79 Å². The Kier molecular flexibility index (Phi) is 10.7. The number of hydrogen-bond donors (Lipinski definition) is 2. The van der Waals surface area contributed by atoms with Crippen molar-refractivity contribution >= 4 is 34.4 Å². The van der Waals surface area contributed by atoms with Gasteiger partial charge in [0, 0.05) is 12.2 Å². The molecule has 3 unspecified atom stereocenters. The van der Waals surface area contributed by atoms with E-state index in [4.69, 9.17) is 4.74 Å². The van der Waals surface area contributed by atoms with Crippen molar-refractivity contribution < 1.29 is 19.1 Å². The van der Waals surface area contributed by atoms with E-state index < -0.39 is 23.8 Å². The van der Waals surface area contributed by atoms with E-state index in [2.05, 4.69) is 10.6 Å². The van der Waals surface area contributed by atoms with Crippen molar-refractivity contribution in [3.8, 4) is 0 Å². The molecule has 0 radical (unpaired) electrons. The summed E-state index contributed by atoms with van der Waals surface area (Å²) in [6.07, 6.45) is 1.55. The Balaban J connectivity index is 2.00. The molecule has 3 aromatic carbocycles. The number of rotatable bonds is 11. The molecular formula is C33H43N3O4. The van der Waals surface area contributed by atoms with E-state index in [9.17, 15) is 14.4 Å². The molecule has 3 aromatic rings. The predicted octanol–water partition coefficient (Wildman–Crippen LogP) is 7.09. The molecular weight excluding hydrogens is 502 g/mol. The normalized spacial score (nSPS) is 13.7. The lowest BCUT2D eigenvalue weighted by Crippen LogP contribution is -2.55. The lowest BCUT2D eigenvalue weighted by molar-refractivity contribution is -0.142. The number of nitrogens with one attached hydrogen (secondary N) is 2. The molecule has 3 rings (SSSR count). The largest absolute Gasteiger partial charge is 0.444 e. The molecule has 3 atom stereocenters. The summed E-state index contributed by atoms with van der Waals surface area (Å²) in [5.41, 5.74) is 0.643. The first-order chi connectivity index (χ1) is 19.0. The van der Waals surface area contributed by atoms with E-state index in [1.54, 1.807) is 25.7 Å². The monoisotopic (exact) mass is 545 g/mol. The van der Waals surface area contributed by atoms with Gasteiger partial charge in [0.15, 0.2) is 0 Å². The molecule has 3 amide bonds. The Morgan fingerprint density at radius 2 is 1.55 bits per heavy atom. The van der Waals surface area contributed by atoms with Crippen molar-refractivity contribution in [2.75, 3.05) is 11.9 Å². The molecule has 7 heteroatoms. The van der Waals surface area contributed by atoms with E-state index in [0.29, 0.717) is 30.6 Å². The van der Waals surface area contributed by atoms with E-state index in [0.717, 1.165) is 17.2 Å². The number of fused-ring (bicyclic) bond motifs is 1. The van der Waals surface area contributed by atoms with Crippen molar-refractivity contribution in [2.24, 2.45) is 5.92 Å². The summed E-state index contributed by atoms with van der Waals surface area (Å²) in [5.74, 6) is -0.800. The third-order valence-corrected chi connectivity index (χ3v) is 6.88. The van der Waals surface area contributed by atoms with Crippen LogP contribution >= 0.6 is 0 Å². The van der Waals surface area contributed by atoms with E-state index >= 15 is 0 Å². The Labute approximate surface area is 238 Å². The van der Waals surface area contributed by atoms with Gasteiger partial charge in [-0.05, 0) is 61.6 Å². The van der Waals surface area contributed by atoms with Gasteiger partial charge in [-0.1, -0.05) is 94.3 Å². The molecule has 7 nitrogen and oxygen atoms in total. The highest BCUT2D eigenvalue weighted by Gasteiger charge is 2.37. The Bertz CT molecular complexity index is 1290. The number of carbonyl (C=O) groups excluding carboxylic acids is 3. The number of ether oxygens (including phenoxy) is 1. The molecule has 0 bridgehead atoms. The van der Waals surface area contributed by atoms with Crippen molar-refractivity contribution in [1.82, 2.24) is 10.2 Å². The summed E-state index contributed by atoms with van der Waals surface area (Å²) >= 11 is 0. The maximum absolute atomic E-state index is 14.3.